The fourth-order valence-electron chi connectivity index (χ4n) is 3.40. The van der Waals surface area contributed by atoms with Gasteiger partial charge in [0.15, 0.2) is 5.82 Å². The fraction of sp³-hybridized carbons (Fsp3) is 0.600. The van der Waals surface area contributed by atoms with Crippen molar-refractivity contribution in [3.05, 3.63) is 17.1 Å². The highest BCUT2D eigenvalue weighted by Crippen LogP contribution is 2.37. The largest absolute Gasteiger partial charge is 0.396 e. The Morgan fingerprint density at radius 3 is 2.90 bits per heavy atom. The maximum Gasteiger partial charge on any atom is 0.151 e. The Balaban J connectivity index is 2.23. The number of aromatic nitrogens is 3. The molecule has 20 heavy (non-hydrogen) atoms. The summed E-state index contributed by atoms with van der Waals surface area (Å²) in [6.45, 7) is 4.40. The van der Waals surface area contributed by atoms with E-state index in [4.69, 9.17) is 15.8 Å². The van der Waals surface area contributed by atoms with Crippen LogP contribution in [0, 0.1) is 6.92 Å². The van der Waals surface area contributed by atoms with Gasteiger partial charge >= 0.3 is 0 Å². The zero-order valence-electron chi connectivity index (χ0n) is 12.2. The summed E-state index contributed by atoms with van der Waals surface area (Å²) in [4.78, 5) is 9.16. The molecule has 1 aliphatic rings. The van der Waals surface area contributed by atoms with Gasteiger partial charge in [0.25, 0.3) is 0 Å². The summed E-state index contributed by atoms with van der Waals surface area (Å²) >= 11 is 0. The molecule has 1 atom stereocenters. The van der Waals surface area contributed by atoms with Crippen LogP contribution in [-0.4, -0.2) is 26.2 Å². The number of rotatable bonds is 4. The van der Waals surface area contributed by atoms with E-state index in [0.29, 0.717) is 11.9 Å². The first-order chi connectivity index (χ1) is 9.67. The van der Waals surface area contributed by atoms with Gasteiger partial charge in [-0.15, -0.1) is 0 Å². The van der Waals surface area contributed by atoms with Crippen molar-refractivity contribution in [2.45, 2.75) is 52.0 Å². The van der Waals surface area contributed by atoms with E-state index < -0.39 is 0 Å². The van der Waals surface area contributed by atoms with Crippen LogP contribution in [0.2, 0.25) is 0 Å². The van der Waals surface area contributed by atoms with E-state index in [1.54, 1.807) is 0 Å². The second-order valence-electron chi connectivity index (χ2n) is 5.57. The number of anilines is 1. The summed E-state index contributed by atoms with van der Waals surface area (Å²) < 4.78 is 2.36. The summed E-state index contributed by atoms with van der Waals surface area (Å²) in [6, 6.07) is 0.427. The molecule has 0 radical (unpaired) electrons. The van der Waals surface area contributed by atoms with E-state index in [9.17, 15) is 0 Å². The number of nitrogens with two attached hydrogens (primary N) is 1. The molecule has 2 aromatic rings. The van der Waals surface area contributed by atoms with Gasteiger partial charge in [-0.25, -0.2) is 9.97 Å². The number of aryl methyl sites for hydroxylation is 3. The highest BCUT2D eigenvalue weighted by atomic mass is 16.2. The topological polar surface area (TPSA) is 77.0 Å². The first-order valence-electron chi connectivity index (χ1n) is 7.44. The average Bonchev–Trinajstić information content (AvgIpc) is 2.84. The van der Waals surface area contributed by atoms with E-state index >= 15 is 0 Å². The molecule has 0 saturated heterocycles. The van der Waals surface area contributed by atoms with E-state index in [2.05, 4.69) is 16.5 Å². The lowest BCUT2D eigenvalue weighted by Crippen LogP contribution is -2.19. The second kappa shape index (κ2) is 5.05. The molecule has 1 aliphatic heterocycles. The maximum absolute atomic E-state index is 9.10. The van der Waals surface area contributed by atoms with E-state index in [1.807, 2.05) is 6.92 Å². The third kappa shape index (κ3) is 1.88. The van der Waals surface area contributed by atoms with Crippen LogP contribution in [0.15, 0.2) is 0 Å². The Labute approximate surface area is 118 Å². The standard InChI is InChI=1S/C15H22N4O/c1-3-12-18-13-14-11(9(2)17-15(13)16)7-6-10(19(12)14)5-4-8-20/h10,20H,3-8H2,1-2H3,(H2,16,17). The van der Waals surface area contributed by atoms with Crippen LogP contribution in [0.4, 0.5) is 5.82 Å². The van der Waals surface area contributed by atoms with Gasteiger partial charge < -0.3 is 15.4 Å². The Hall–Kier alpha value is -1.62. The zero-order valence-corrected chi connectivity index (χ0v) is 12.2. The van der Waals surface area contributed by atoms with Gasteiger partial charge in [0, 0.05) is 24.8 Å². The quantitative estimate of drug-likeness (QED) is 0.895. The molecule has 2 aromatic heterocycles. The van der Waals surface area contributed by atoms with Crippen LogP contribution in [-0.2, 0) is 12.8 Å². The van der Waals surface area contributed by atoms with E-state index in [1.165, 1.54) is 11.1 Å². The Morgan fingerprint density at radius 2 is 2.20 bits per heavy atom. The summed E-state index contributed by atoms with van der Waals surface area (Å²) in [6.07, 6.45) is 4.85. The van der Waals surface area contributed by atoms with Crippen LogP contribution in [0.5, 0.6) is 0 Å². The summed E-state index contributed by atoms with van der Waals surface area (Å²) in [5.41, 5.74) is 10.4. The normalized spacial score (nSPS) is 17.9. The van der Waals surface area contributed by atoms with Gasteiger partial charge in [0.2, 0.25) is 0 Å². The molecule has 0 bridgehead atoms. The van der Waals surface area contributed by atoms with Gasteiger partial charge in [0.1, 0.15) is 11.3 Å². The highest BCUT2D eigenvalue weighted by molar-refractivity contribution is 5.89. The van der Waals surface area contributed by atoms with Crippen molar-refractivity contribution in [1.82, 2.24) is 14.5 Å². The lowest BCUT2D eigenvalue weighted by Gasteiger charge is -2.27. The Morgan fingerprint density at radius 1 is 1.40 bits per heavy atom. The molecule has 5 nitrogen and oxygen atoms in total. The number of hydrogen-bond acceptors (Lipinski definition) is 4. The molecule has 108 valence electrons. The molecular formula is C15H22N4O. The number of aliphatic hydroxyl groups excluding tert-OH is 1. The minimum atomic E-state index is 0.250. The maximum atomic E-state index is 9.10. The number of pyridine rings is 1. The number of nitrogen functional groups attached to an aromatic ring is 1. The molecule has 3 heterocycles. The van der Waals surface area contributed by atoms with Gasteiger partial charge in [-0.3, -0.25) is 0 Å². The van der Waals surface area contributed by atoms with Crippen LogP contribution < -0.4 is 5.73 Å². The first kappa shape index (κ1) is 13.4. The number of imidazole rings is 1. The van der Waals surface area contributed by atoms with Gasteiger partial charge in [-0.05, 0) is 38.2 Å². The number of aliphatic hydroxyl groups is 1. The fourth-order valence-corrected chi connectivity index (χ4v) is 3.40. The third-order valence-electron chi connectivity index (χ3n) is 4.34. The Kier molecular flexibility index (Phi) is 3.38. The zero-order chi connectivity index (χ0) is 14.3. The predicted octanol–water partition coefficient (Wildman–Crippen LogP) is 2.14. The molecule has 0 fully saturated rings. The van der Waals surface area contributed by atoms with Gasteiger partial charge in [0.05, 0.1) is 5.52 Å². The van der Waals surface area contributed by atoms with Crippen molar-refractivity contribution in [2.75, 3.05) is 12.3 Å². The molecule has 0 aliphatic carbocycles. The molecular weight excluding hydrogens is 252 g/mol. The first-order valence-corrected chi connectivity index (χ1v) is 7.44. The van der Waals surface area contributed by atoms with Crippen molar-refractivity contribution in [2.24, 2.45) is 0 Å². The van der Waals surface area contributed by atoms with Crippen LogP contribution in [0.3, 0.4) is 0 Å². The van der Waals surface area contributed by atoms with Gasteiger partial charge in [-0.2, -0.15) is 0 Å². The number of hydrogen-bond donors (Lipinski definition) is 2. The van der Waals surface area contributed by atoms with Crippen molar-refractivity contribution >= 4 is 16.9 Å². The van der Waals surface area contributed by atoms with Gasteiger partial charge in [-0.1, -0.05) is 6.92 Å². The molecule has 3 N–H and O–H groups in total. The molecule has 5 heteroatoms. The minimum Gasteiger partial charge on any atom is -0.396 e. The Bertz CT molecular complexity index is 647. The molecule has 0 saturated carbocycles. The average molecular weight is 274 g/mol. The summed E-state index contributed by atoms with van der Waals surface area (Å²) in [5.74, 6) is 1.63. The third-order valence-corrected chi connectivity index (χ3v) is 4.34. The van der Waals surface area contributed by atoms with Crippen LogP contribution in [0.25, 0.3) is 11.0 Å². The lowest BCUT2D eigenvalue weighted by molar-refractivity contribution is 0.267. The minimum absolute atomic E-state index is 0.250. The lowest BCUT2D eigenvalue weighted by atomic mass is 9.95. The number of nitrogens with zero attached hydrogens (tertiary/aromatic N) is 3. The molecule has 0 amide bonds. The summed E-state index contributed by atoms with van der Waals surface area (Å²) in [5, 5.41) is 9.10. The molecule has 0 spiro atoms. The van der Waals surface area contributed by atoms with E-state index in [0.717, 1.165) is 49.1 Å². The van der Waals surface area contributed by atoms with Crippen LogP contribution >= 0.6 is 0 Å². The monoisotopic (exact) mass is 274 g/mol. The molecule has 1 unspecified atom stereocenters. The molecule has 3 rings (SSSR count). The van der Waals surface area contributed by atoms with Crippen molar-refractivity contribution in [3.63, 3.8) is 0 Å². The van der Waals surface area contributed by atoms with Crippen molar-refractivity contribution in [1.29, 1.82) is 0 Å². The van der Waals surface area contributed by atoms with E-state index in [-0.39, 0.29) is 6.61 Å². The highest BCUT2D eigenvalue weighted by Gasteiger charge is 2.27. The molecule has 0 aromatic carbocycles. The van der Waals surface area contributed by atoms with Crippen molar-refractivity contribution < 1.29 is 5.11 Å². The predicted molar refractivity (Wildman–Crippen MR) is 79.7 cm³/mol. The second-order valence-corrected chi connectivity index (χ2v) is 5.57. The van der Waals surface area contributed by atoms with Crippen molar-refractivity contribution in [3.8, 4) is 0 Å². The summed E-state index contributed by atoms with van der Waals surface area (Å²) in [7, 11) is 0. The smallest absolute Gasteiger partial charge is 0.151 e. The van der Waals surface area contributed by atoms with Crippen LogP contribution in [0.1, 0.15) is 49.3 Å². The SMILES string of the molecule is CCc1nc2c(N)nc(C)c3c2n1C(CCCO)CC3.